The van der Waals surface area contributed by atoms with Crippen LogP contribution in [0, 0.1) is 0 Å². The van der Waals surface area contributed by atoms with Crippen LogP contribution >= 0.6 is 23.2 Å². The summed E-state index contributed by atoms with van der Waals surface area (Å²) < 4.78 is 10.8. The first-order valence-electron chi connectivity index (χ1n) is 8.94. The van der Waals surface area contributed by atoms with Crippen LogP contribution in [0.3, 0.4) is 0 Å². The minimum absolute atomic E-state index is 0.480. The summed E-state index contributed by atoms with van der Waals surface area (Å²) in [6.07, 6.45) is 0. The first-order valence-corrected chi connectivity index (χ1v) is 9.70. The molecule has 0 unspecified atom stereocenters. The van der Waals surface area contributed by atoms with Crippen molar-refractivity contribution in [3.8, 4) is 45.4 Å². The summed E-state index contributed by atoms with van der Waals surface area (Å²) in [6, 6.07) is 21.2. The molecule has 4 nitrogen and oxygen atoms in total. The number of halogens is 2. The fourth-order valence-corrected chi connectivity index (χ4v) is 3.59. The van der Waals surface area contributed by atoms with Gasteiger partial charge >= 0.3 is 0 Å². The fourth-order valence-electron chi connectivity index (χ4n) is 3.19. The van der Waals surface area contributed by atoms with E-state index in [2.05, 4.69) is 4.98 Å². The molecule has 0 amide bonds. The van der Waals surface area contributed by atoms with Crippen LogP contribution in [0.2, 0.25) is 10.0 Å². The lowest BCUT2D eigenvalue weighted by Crippen LogP contribution is -1.91. The molecule has 0 atom stereocenters. The number of imidazole rings is 1. The van der Waals surface area contributed by atoms with E-state index in [4.69, 9.17) is 37.7 Å². The lowest BCUT2D eigenvalue weighted by Gasteiger charge is -2.08. The van der Waals surface area contributed by atoms with Gasteiger partial charge in [0.25, 0.3) is 0 Å². The number of nitrogens with one attached hydrogen (secondary N) is 1. The highest BCUT2D eigenvalue weighted by atomic mass is 35.5. The summed E-state index contributed by atoms with van der Waals surface area (Å²) in [7, 11) is 3.22. The second kappa shape index (κ2) is 8.19. The molecule has 0 aliphatic rings. The quantitative estimate of drug-likeness (QED) is 0.386. The third kappa shape index (κ3) is 3.69. The molecule has 4 aromatic rings. The number of rotatable bonds is 5. The van der Waals surface area contributed by atoms with Gasteiger partial charge in [-0.2, -0.15) is 0 Å². The molecule has 0 aliphatic heterocycles. The molecule has 1 aromatic heterocycles. The van der Waals surface area contributed by atoms with E-state index in [1.54, 1.807) is 20.3 Å². The Hall–Kier alpha value is -2.95. The highest BCUT2D eigenvalue weighted by Gasteiger charge is 2.19. The lowest BCUT2D eigenvalue weighted by atomic mass is 10.1. The van der Waals surface area contributed by atoms with Gasteiger partial charge in [0.15, 0.2) is 11.5 Å². The monoisotopic (exact) mass is 424 g/mol. The van der Waals surface area contributed by atoms with E-state index < -0.39 is 0 Å². The first-order chi connectivity index (χ1) is 14.1. The van der Waals surface area contributed by atoms with Gasteiger partial charge in [0.1, 0.15) is 5.82 Å². The minimum atomic E-state index is 0.480. The highest BCUT2D eigenvalue weighted by molar-refractivity contribution is 6.43. The van der Waals surface area contributed by atoms with Gasteiger partial charge in [-0.15, -0.1) is 0 Å². The molecule has 0 radical (unpaired) electrons. The maximum absolute atomic E-state index is 6.51. The minimum Gasteiger partial charge on any atom is -0.493 e. The maximum atomic E-state index is 6.51. The molecule has 1 N–H and O–H groups in total. The second-order valence-corrected chi connectivity index (χ2v) is 7.13. The molecule has 146 valence electrons. The van der Waals surface area contributed by atoms with Crippen LogP contribution in [0.15, 0.2) is 66.7 Å². The van der Waals surface area contributed by atoms with Gasteiger partial charge in [-0.1, -0.05) is 65.7 Å². The molecule has 0 spiro atoms. The summed E-state index contributed by atoms with van der Waals surface area (Å²) in [5, 5.41) is 0.972. The summed E-state index contributed by atoms with van der Waals surface area (Å²) in [4.78, 5) is 8.29. The number of aromatic amines is 1. The fraction of sp³-hybridized carbons (Fsp3) is 0.0870. The van der Waals surface area contributed by atoms with Gasteiger partial charge in [0.2, 0.25) is 0 Å². The van der Waals surface area contributed by atoms with E-state index in [0.29, 0.717) is 27.4 Å². The standard InChI is InChI=1S/C23H18Cl2N2O2/c1-28-18-12-11-15(13-19(18)29-2)23-26-21(14-7-4-3-5-8-14)22(27-23)16-9-6-10-17(24)20(16)25/h3-13H,1-2H3,(H,26,27). The van der Waals surface area contributed by atoms with Crippen molar-refractivity contribution in [2.24, 2.45) is 0 Å². The van der Waals surface area contributed by atoms with Crippen LogP contribution in [0.5, 0.6) is 11.5 Å². The average Bonchev–Trinajstić information content (AvgIpc) is 3.21. The molecule has 0 saturated carbocycles. The van der Waals surface area contributed by atoms with Crippen molar-refractivity contribution in [2.45, 2.75) is 0 Å². The third-order valence-corrected chi connectivity index (χ3v) is 5.45. The molecular weight excluding hydrogens is 407 g/mol. The Bertz CT molecular complexity index is 1160. The third-order valence-electron chi connectivity index (χ3n) is 4.63. The molecule has 29 heavy (non-hydrogen) atoms. The number of hydrogen-bond acceptors (Lipinski definition) is 3. The number of methoxy groups -OCH3 is 2. The van der Waals surface area contributed by atoms with Gasteiger partial charge in [0.05, 0.1) is 35.7 Å². The topological polar surface area (TPSA) is 47.1 Å². The zero-order valence-corrected chi connectivity index (χ0v) is 17.4. The smallest absolute Gasteiger partial charge is 0.161 e. The Morgan fingerprint density at radius 2 is 1.55 bits per heavy atom. The average molecular weight is 425 g/mol. The first kappa shape index (κ1) is 19.4. The van der Waals surface area contributed by atoms with Crippen molar-refractivity contribution in [2.75, 3.05) is 14.2 Å². The zero-order chi connectivity index (χ0) is 20.4. The van der Waals surface area contributed by atoms with Crippen LogP contribution in [-0.4, -0.2) is 24.2 Å². The lowest BCUT2D eigenvalue weighted by molar-refractivity contribution is 0.355. The van der Waals surface area contributed by atoms with Crippen LogP contribution in [-0.2, 0) is 0 Å². The summed E-state index contributed by atoms with van der Waals surface area (Å²) in [5.41, 5.74) is 4.22. The van der Waals surface area contributed by atoms with E-state index in [0.717, 1.165) is 28.1 Å². The van der Waals surface area contributed by atoms with Crippen molar-refractivity contribution < 1.29 is 9.47 Å². The molecule has 0 bridgehead atoms. The van der Waals surface area contributed by atoms with Crippen molar-refractivity contribution in [1.82, 2.24) is 9.97 Å². The van der Waals surface area contributed by atoms with E-state index >= 15 is 0 Å². The van der Waals surface area contributed by atoms with Crippen LogP contribution in [0.4, 0.5) is 0 Å². The van der Waals surface area contributed by atoms with E-state index in [9.17, 15) is 0 Å². The maximum Gasteiger partial charge on any atom is 0.161 e. The van der Waals surface area contributed by atoms with Gasteiger partial charge in [-0.05, 0) is 24.3 Å². The molecule has 3 aromatic carbocycles. The van der Waals surface area contributed by atoms with E-state index in [1.807, 2.05) is 60.7 Å². The highest BCUT2D eigenvalue weighted by Crippen LogP contribution is 2.40. The van der Waals surface area contributed by atoms with Gasteiger partial charge in [0, 0.05) is 16.7 Å². The summed E-state index contributed by atoms with van der Waals surface area (Å²) in [5.74, 6) is 1.98. The van der Waals surface area contributed by atoms with E-state index in [-0.39, 0.29) is 0 Å². The number of H-pyrrole nitrogens is 1. The Morgan fingerprint density at radius 3 is 2.28 bits per heavy atom. The Kier molecular flexibility index (Phi) is 5.47. The molecule has 0 aliphatic carbocycles. The largest absolute Gasteiger partial charge is 0.493 e. The normalized spacial score (nSPS) is 10.8. The SMILES string of the molecule is COc1ccc(-c2nc(-c3ccccc3)c(-c3cccc(Cl)c3Cl)[nH]2)cc1OC. The zero-order valence-electron chi connectivity index (χ0n) is 15.9. The number of hydrogen-bond donors (Lipinski definition) is 1. The summed E-state index contributed by atoms with van der Waals surface area (Å²) in [6.45, 7) is 0. The molecule has 4 rings (SSSR count). The van der Waals surface area contributed by atoms with Crippen LogP contribution < -0.4 is 9.47 Å². The predicted molar refractivity (Wildman–Crippen MR) is 118 cm³/mol. The number of ether oxygens (including phenoxy) is 2. The van der Waals surface area contributed by atoms with Gasteiger partial charge in [-0.25, -0.2) is 4.98 Å². The van der Waals surface area contributed by atoms with Crippen LogP contribution in [0.25, 0.3) is 33.9 Å². The molecule has 0 fully saturated rings. The Morgan fingerprint density at radius 1 is 0.793 bits per heavy atom. The summed E-state index contributed by atoms with van der Waals surface area (Å²) >= 11 is 12.8. The van der Waals surface area contributed by atoms with Crippen molar-refractivity contribution in [1.29, 1.82) is 0 Å². The van der Waals surface area contributed by atoms with Crippen molar-refractivity contribution >= 4 is 23.2 Å². The molecule has 1 heterocycles. The second-order valence-electron chi connectivity index (χ2n) is 6.35. The van der Waals surface area contributed by atoms with Crippen LogP contribution in [0.1, 0.15) is 0 Å². The molecular formula is C23H18Cl2N2O2. The van der Waals surface area contributed by atoms with Gasteiger partial charge in [-0.3, -0.25) is 0 Å². The van der Waals surface area contributed by atoms with Gasteiger partial charge < -0.3 is 14.5 Å². The van der Waals surface area contributed by atoms with Crippen molar-refractivity contribution in [3.63, 3.8) is 0 Å². The van der Waals surface area contributed by atoms with Crippen molar-refractivity contribution in [3.05, 3.63) is 76.8 Å². The Balaban J connectivity index is 1.92. The predicted octanol–water partition coefficient (Wildman–Crippen LogP) is 6.73. The van der Waals surface area contributed by atoms with E-state index in [1.165, 1.54) is 0 Å². The number of benzene rings is 3. The molecule has 0 saturated heterocycles. The number of nitrogens with zero attached hydrogens (tertiary/aromatic N) is 1. The number of aromatic nitrogens is 2. The molecule has 6 heteroatoms. The Labute approximate surface area is 179 Å².